The molecule has 0 atom stereocenters. The van der Waals surface area contributed by atoms with E-state index in [-0.39, 0.29) is 16.3 Å². The molecule has 0 saturated heterocycles. The number of rotatable bonds is 4. The summed E-state index contributed by atoms with van der Waals surface area (Å²) in [6, 6.07) is 8.85. The van der Waals surface area contributed by atoms with Crippen molar-refractivity contribution >= 4 is 15.8 Å². The summed E-state index contributed by atoms with van der Waals surface area (Å²) in [5.41, 5.74) is 1.61. The molecule has 22 heavy (non-hydrogen) atoms. The van der Waals surface area contributed by atoms with Gasteiger partial charge in [0, 0.05) is 12.1 Å². The van der Waals surface area contributed by atoms with Gasteiger partial charge in [0.05, 0.1) is 4.92 Å². The zero-order chi connectivity index (χ0) is 16.5. The lowest BCUT2D eigenvalue weighted by molar-refractivity contribution is -0.385. The van der Waals surface area contributed by atoms with Gasteiger partial charge in [0.2, 0.25) is 0 Å². The topological polar surface area (TPSA) is 86.5 Å². The molecule has 6 nitrogen and oxygen atoms in total. The van der Waals surface area contributed by atoms with E-state index in [1.54, 1.807) is 26.0 Å². The number of nitrogens with zero attached hydrogens (tertiary/aromatic N) is 1. The fourth-order valence-electron chi connectivity index (χ4n) is 1.93. The van der Waals surface area contributed by atoms with Crippen molar-refractivity contribution in [3.05, 3.63) is 63.2 Å². The van der Waals surface area contributed by atoms with Gasteiger partial charge in [-0.3, -0.25) is 10.1 Å². The number of benzene rings is 2. The Balaban J connectivity index is 2.49. The van der Waals surface area contributed by atoms with Crippen LogP contribution in [-0.4, -0.2) is 13.3 Å². The Morgan fingerprint density at radius 2 is 1.64 bits per heavy atom. The molecule has 2 rings (SSSR count). The summed E-state index contributed by atoms with van der Waals surface area (Å²) < 4.78 is 30.0. The van der Waals surface area contributed by atoms with Crippen LogP contribution in [0.15, 0.2) is 41.3 Å². The number of non-ortho nitro benzene ring substituents is 1. The number of hydrogen-bond acceptors (Lipinski definition) is 5. The van der Waals surface area contributed by atoms with Crippen molar-refractivity contribution in [3.8, 4) is 5.75 Å². The van der Waals surface area contributed by atoms with Gasteiger partial charge in [-0.2, -0.15) is 8.42 Å². The van der Waals surface area contributed by atoms with Gasteiger partial charge < -0.3 is 4.18 Å². The van der Waals surface area contributed by atoms with Gasteiger partial charge in [0.1, 0.15) is 10.6 Å². The Bertz CT molecular complexity index is 843. The molecule has 0 N–H and O–H groups in total. The summed E-state index contributed by atoms with van der Waals surface area (Å²) in [5.74, 6) is 0.214. The largest absolute Gasteiger partial charge is 0.379 e. The van der Waals surface area contributed by atoms with Crippen LogP contribution in [0.2, 0.25) is 0 Å². The van der Waals surface area contributed by atoms with Crippen LogP contribution in [-0.2, 0) is 10.1 Å². The molecular weight excluding hydrogens is 306 g/mol. The van der Waals surface area contributed by atoms with Gasteiger partial charge in [-0.1, -0.05) is 18.2 Å². The molecule has 0 radical (unpaired) electrons. The van der Waals surface area contributed by atoms with E-state index in [1.807, 2.05) is 13.0 Å². The quantitative estimate of drug-likeness (QED) is 0.490. The molecule has 0 aliphatic heterocycles. The third-order valence-electron chi connectivity index (χ3n) is 3.20. The summed E-state index contributed by atoms with van der Waals surface area (Å²) >= 11 is 0. The summed E-state index contributed by atoms with van der Waals surface area (Å²) in [7, 11) is -4.14. The van der Waals surface area contributed by atoms with Crippen molar-refractivity contribution in [1.29, 1.82) is 0 Å². The first-order chi connectivity index (χ1) is 10.2. The molecule has 0 unspecified atom stereocenters. The van der Waals surface area contributed by atoms with Gasteiger partial charge in [0.15, 0.2) is 0 Å². The van der Waals surface area contributed by atoms with Gasteiger partial charge in [-0.05, 0) is 43.5 Å². The Hall–Kier alpha value is -2.41. The van der Waals surface area contributed by atoms with Gasteiger partial charge in [0.25, 0.3) is 5.69 Å². The maximum atomic E-state index is 12.4. The second-order valence-electron chi connectivity index (χ2n) is 5.01. The van der Waals surface area contributed by atoms with E-state index in [4.69, 9.17) is 4.18 Å². The van der Waals surface area contributed by atoms with Crippen molar-refractivity contribution in [1.82, 2.24) is 0 Å². The average Bonchev–Trinajstić information content (AvgIpc) is 2.42. The number of nitro benzene ring substituents is 1. The highest BCUT2D eigenvalue weighted by Crippen LogP contribution is 2.27. The Morgan fingerprint density at radius 3 is 2.27 bits per heavy atom. The van der Waals surface area contributed by atoms with Gasteiger partial charge >= 0.3 is 10.1 Å². The minimum Gasteiger partial charge on any atom is -0.379 e. The van der Waals surface area contributed by atoms with Crippen LogP contribution in [0.3, 0.4) is 0 Å². The maximum absolute atomic E-state index is 12.4. The number of aryl methyl sites for hydroxylation is 3. The third kappa shape index (κ3) is 3.25. The molecule has 0 aromatic heterocycles. The number of nitro groups is 1. The van der Waals surface area contributed by atoms with Crippen LogP contribution in [0, 0.1) is 30.9 Å². The minimum atomic E-state index is -4.14. The van der Waals surface area contributed by atoms with E-state index in [0.29, 0.717) is 11.1 Å². The van der Waals surface area contributed by atoms with Crippen LogP contribution in [0.4, 0.5) is 5.69 Å². The van der Waals surface area contributed by atoms with E-state index in [1.165, 1.54) is 12.1 Å². The van der Waals surface area contributed by atoms with Gasteiger partial charge in [-0.15, -0.1) is 0 Å². The van der Waals surface area contributed by atoms with Crippen molar-refractivity contribution < 1.29 is 17.5 Å². The lowest BCUT2D eigenvalue weighted by atomic mass is 10.1. The molecule has 0 heterocycles. The van der Waals surface area contributed by atoms with Crippen LogP contribution < -0.4 is 4.18 Å². The fourth-order valence-corrected chi connectivity index (χ4v) is 3.17. The molecule has 2 aromatic carbocycles. The fraction of sp³-hybridized carbons (Fsp3) is 0.200. The van der Waals surface area contributed by atoms with Gasteiger partial charge in [-0.25, -0.2) is 0 Å². The first-order valence-corrected chi connectivity index (χ1v) is 7.88. The molecule has 0 aliphatic rings. The predicted octanol–water partition coefficient (Wildman–Crippen LogP) is 3.29. The smallest absolute Gasteiger partial charge is 0.339 e. The average molecular weight is 321 g/mol. The number of hydrogen-bond donors (Lipinski definition) is 0. The van der Waals surface area contributed by atoms with Crippen molar-refractivity contribution in [3.63, 3.8) is 0 Å². The molecule has 116 valence electrons. The van der Waals surface area contributed by atoms with Crippen molar-refractivity contribution in [2.75, 3.05) is 0 Å². The van der Waals surface area contributed by atoms with Crippen LogP contribution >= 0.6 is 0 Å². The minimum absolute atomic E-state index is 0.206. The lowest BCUT2D eigenvalue weighted by Crippen LogP contribution is -2.12. The molecular formula is C15H15NO5S. The summed E-state index contributed by atoms with van der Waals surface area (Å²) in [5, 5.41) is 10.8. The van der Waals surface area contributed by atoms with E-state index in [0.717, 1.165) is 11.6 Å². The highest BCUT2D eigenvalue weighted by Gasteiger charge is 2.23. The Kier molecular flexibility index (Phi) is 4.18. The predicted molar refractivity (Wildman–Crippen MR) is 81.6 cm³/mol. The SMILES string of the molecule is Cc1ccc(C)c(OS(=O)(=O)c2cc([N+](=O)[O-])ccc2C)c1. The molecule has 2 aromatic rings. The first-order valence-electron chi connectivity index (χ1n) is 6.47. The van der Waals surface area contributed by atoms with Crippen molar-refractivity contribution in [2.45, 2.75) is 25.7 Å². The molecule has 0 aliphatic carbocycles. The van der Waals surface area contributed by atoms with E-state index < -0.39 is 15.0 Å². The monoisotopic (exact) mass is 321 g/mol. The third-order valence-corrected chi connectivity index (χ3v) is 4.57. The second-order valence-corrected chi connectivity index (χ2v) is 6.53. The molecule has 0 saturated carbocycles. The molecule has 7 heteroatoms. The Morgan fingerprint density at radius 1 is 1.00 bits per heavy atom. The normalized spacial score (nSPS) is 11.2. The summed E-state index contributed by atoms with van der Waals surface area (Å²) in [6.07, 6.45) is 0. The zero-order valence-electron chi connectivity index (χ0n) is 12.4. The lowest BCUT2D eigenvalue weighted by Gasteiger charge is -2.11. The highest BCUT2D eigenvalue weighted by molar-refractivity contribution is 7.87. The van der Waals surface area contributed by atoms with E-state index in [9.17, 15) is 18.5 Å². The standard InChI is InChI=1S/C15H15NO5S/c1-10-4-5-11(2)14(8-10)21-22(19,20)15-9-13(16(17)18)7-6-12(15)3/h4-9H,1-3H3. The Labute approximate surface area is 128 Å². The van der Waals surface area contributed by atoms with Crippen LogP contribution in [0.1, 0.15) is 16.7 Å². The van der Waals surface area contributed by atoms with Crippen LogP contribution in [0.5, 0.6) is 5.75 Å². The zero-order valence-corrected chi connectivity index (χ0v) is 13.2. The maximum Gasteiger partial charge on any atom is 0.339 e. The summed E-state index contributed by atoms with van der Waals surface area (Å²) in [4.78, 5) is 9.97. The molecule has 0 amide bonds. The molecule has 0 bridgehead atoms. The van der Waals surface area contributed by atoms with E-state index in [2.05, 4.69) is 0 Å². The van der Waals surface area contributed by atoms with Crippen LogP contribution in [0.25, 0.3) is 0 Å². The molecule has 0 fully saturated rings. The molecule has 0 spiro atoms. The second kappa shape index (κ2) is 5.76. The highest BCUT2D eigenvalue weighted by atomic mass is 32.2. The first kappa shape index (κ1) is 16.0. The van der Waals surface area contributed by atoms with E-state index >= 15 is 0 Å². The van der Waals surface area contributed by atoms with Crippen molar-refractivity contribution in [2.24, 2.45) is 0 Å². The summed E-state index contributed by atoms with van der Waals surface area (Å²) in [6.45, 7) is 5.10.